The van der Waals surface area contributed by atoms with E-state index in [0.29, 0.717) is 15.4 Å². The minimum Gasteiger partial charge on any atom is -0.361 e. The van der Waals surface area contributed by atoms with E-state index >= 15 is 0 Å². The van der Waals surface area contributed by atoms with E-state index in [1.54, 1.807) is 12.3 Å². The maximum Gasteiger partial charge on any atom is 0.234 e. The van der Waals surface area contributed by atoms with Crippen molar-refractivity contribution >= 4 is 38.6 Å². The molecule has 92 valence electrons. The molecule has 6 heteroatoms. The Morgan fingerprint density at radius 1 is 1.33 bits per heavy atom. The first-order valence-corrected chi connectivity index (χ1v) is 6.15. The van der Waals surface area contributed by atoms with E-state index in [2.05, 4.69) is 26.2 Å². The Morgan fingerprint density at radius 3 is 2.78 bits per heavy atom. The first-order chi connectivity index (χ1) is 8.56. The van der Waals surface area contributed by atoms with Crippen LogP contribution in [0, 0.1) is 5.82 Å². The summed E-state index contributed by atoms with van der Waals surface area (Å²) in [6.45, 7) is 0. The molecule has 0 aliphatic carbocycles. The van der Waals surface area contributed by atoms with Crippen LogP contribution < -0.4 is 5.32 Å². The highest BCUT2D eigenvalue weighted by atomic mass is 79.9. The average Bonchev–Trinajstić information content (AvgIpc) is 2.83. The molecule has 0 spiro atoms. The molecule has 1 aromatic carbocycles. The number of hydrogen-bond donors (Lipinski definition) is 2. The number of aromatic amines is 1. The Kier molecular flexibility index (Phi) is 2.48. The molecule has 1 fully saturated rings. The number of halogens is 2. The Balaban J connectivity index is 2.16. The third-order valence-corrected chi connectivity index (χ3v) is 3.71. The summed E-state index contributed by atoms with van der Waals surface area (Å²) < 4.78 is 13.9. The Hall–Kier alpha value is -1.69. The van der Waals surface area contributed by atoms with Gasteiger partial charge in [0.25, 0.3) is 0 Å². The van der Waals surface area contributed by atoms with E-state index in [1.807, 2.05) is 0 Å². The van der Waals surface area contributed by atoms with Gasteiger partial charge in [0.2, 0.25) is 11.8 Å². The van der Waals surface area contributed by atoms with E-state index < -0.39 is 11.7 Å². The van der Waals surface area contributed by atoms with E-state index in [4.69, 9.17) is 0 Å². The summed E-state index contributed by atoms with van der Waals surface area (Å²) >= 11 is 3.10. The van der Waals surface area contributed by atoms with Crippen molar-refractivity contribution < 1.29 is 14.0 Å². The highest BCUT2D eigenvalue weighted by molar-refractivity contribution is 9.10. The predicted molar refractivity (Wildman–Crippen MR) is 66.5 cm³/mol. The van der Waals surface area contributed by atoms with Gasteiger partial charge in [0.15, 0.2) is 0 Å². The van der Waals surface area contributed by atoms with Crippen molar-refractivity contribution in [3.8, 4) is 0 Å². The molecule has 1 saturated heterocycles. The summed E-state index contributed by atoms with van der Waals surface area (Å²) in [5.74, 6) is -1.55. The van der Waals surface area contributed by atoms with Crippen LogP contribution in [0.3, 0.4) is 0 Å². The van der Waals surface area contributed by atoms with Crippen molar-refractivity contribution in [1.82, 2.24) is 10.3 Å². The molecule has 4 nitrogen and oxygen atoms in total. The Labute approximate surface area is 110 Å². The van der Waals surface area contributed by atoms with Gasteiger partial charge in [0, 0.05) is 23.5 Å². The molecule has 18 heavy (non-hydrogen) atoms. The summed E-state index contributed by atoms with van der Waals surface area (Å²) in [4.78, 5) is 25.8. The van der Waals surface area contributed by atoms with Crippen molar-refractivity contribution in [1.29, 1.82) is 0 Å². The molecule has 2 aromatic rings. The maximum absolute atomic E-state index is 13.5. The first-order valence-electron chi connectivity index (χ1n) is 5.36. The molecule has 0 radical (unpaired) electrons. The number of fused-ring (bicyclic) bond motifs is 1. The topological polar surface area (TPSA) is 62.0 Å². The van der Waals surface area contributed by atoms with Gasteiger partial charge in [-0.15, -0.1) is 0 Å². The van der Waals surface area contributed by atoms with Crippen molar-refractivity contribution in [3.05, 3.63) is 34.2 Å². The van der Waals surface area contributed by atoms with Crippen LogP contribution in [0.25, 0.3) is 10.9 Å². The summed E-state index contributed by atoms with van der Waals surface area (Å²) in [7, 11) is 0. The van der Waals surface area contributed by atoms with Crippen molar-refractivity contribution in [2.24, 2.45) is 0 Å². The van der Waals surface area contributed by atoms with Crippen LogP contribution in [-0.4, -0.2) is 16.8 Å². The average molecular weight is 311 g/mol. The predicted octanol–water partition coefficient (Wildman–Crippen LogP) is 2.20. The molecule has 1 aromatic heterocycles. The molecule has 1 aliphatic rings. The van der Waals surface area contributed by atoms with Gasteiger partial charge in [0.1, 0.15) is 5.82 Å². The fourth-order valence-corrected chi connectivity index (χ4v) is 2.57. The Bertz CT molecular complexity index is 680. The molecular formula is C12H8BrFN2O2. The standard InChI is InChI=1S/C12H8BrFN2O2/c13-8-3-10-5(1-9(8)14)7(4-15-10)6-2-11(17)16-12(6)18/h1,3-4,6,15H,2H2,(H,16,17,18)/t6-/m0/s1. The van der Waals surface area contributed by atoms with Crippen LogP contribution in [-0.2, 0) is 9.59 Å². The van der Waals surface area contributed by atoms with Gasteiger partial charge in [-0.05, 0) is 33.6 Å². The van der Waals surface area contributed by atoms with Crippen LogP contribution in [0.4, 0.5) is 4.39 Å². The smallest absolute Gasteiger partial charge is 0.234 e. The van der Waals surface area contributed by atoms with Crippen LogP contribution in [0.2, 0.25) is 0 Å². The molecular weight excluding hydrogens is 303 g/mol. The largest absolute Gasteiger partial charge is 0.361 e. The highest BCUT2D eigenvalue weighted by Crippen LogP contribution is 2.33. The summed E-state index contributed by atoms with van der Waals surface area (Å²) in [5.41, 5.74) is 1.38. The van der Waals surface area contributed by atoms with Crippen LogP contribution in [0.1, 0.15) is 17.9 Å². The lowest BCUT2D eigenvalue weighted by Gasteiger charge is -2.04. The second-order valence-corrected chi connectivity index (χ2v) is 5.08. The van der Waals surface area contributed by atoms with Gasteiger partial charge in [-0.3, -0.25) is 14.9 Å². The van der Waals surface area contributed by atoms with Crippen LogP contribution in [0.5, 0.6) is 0 Å². The number of rotatable bonds is 1. The molecule has 1 aliphatic heterocycles. The molecule has 1 atom stereocenters. The molecule has 2 heterocycles. The number of imide groups is 1. The number of nitrogens with one attached hydrogen (secondary N) is 2. The molecule has 0 bridgehead atoms. The zero-order valence-electron chi connectivity index (χ0n) is 9.09. The number of H-pyrrole nitrogens is 1. The second kappa shape index (κ2) is 3.91. The maximum atomic E-state index is 13.5. The van der Waals surface area contributed by atoms with Crippen molar-refractivity contribution in [2.45, 2.75) is 12.3 Å². The van der Waals surface area contributed by atoms with E-state index in [1.165, 1.54) is 6.07 Å². The van der Waals surface area contributed by atoms with Gasteiger partial charge in [-0.25, -0.2) is 4.39 Å². The van der Waals surface area contributed by atoms with Crippen LogP contribution >= 0.6 is 15.9 Å². The minimum atomic E-state index is -0.535. The molecule has 0 unspecified atom stereocenters. The molecule has 2 N–H and O–H groups in total. The lowest BCUT2D eigenvalue weighted by Crippen LogP contribution is -2.21. The van der Waals surface area contributed by atoms with E-state index in [9.17, 15) is 14.0 Å². The fourth-order valence-electron chi connectivity index (χ4n) is 2.23. The molecule has 2 amide bonds. The number of aromatic nitrogens is 1. The monoisotopic (exact) mass is 310 g/mol. The minimum absolute atomic E-state index is 0.115. The normalized spacial score (nSPS) is 19.6. The molecule has 3 rings (SSSR count). The fraction of sp³-hybridized carbons (Fsp3) is 0.167. The lowest BCUT2D eigenvalue weighted by atomic mass is 9.97. The number of carbonyl (C=O) groups is 2. The Morgan fingerprint density at radius 2 is 2.11 bits per heavy atom. The molecule has 0 saturated carbocycles. The van der Waals surface area contributed by atoms with E-state index in [0.717, 1.165) is 5.52 Å². The number of hydrogen-bond acceptors (Lipinski definition) is 2. The van der Waals surface area contributed by atoms with Crippen molar-refractivity contribution in [3.63, 3.8) is 0 Å². The number of carbonyl (C=O) groups excluding carboxylic acids is 2. The van der Waals surface area contributed by atoms with Gasteiger partial charge in [-0.2, -0.15) is 0 Å². The number of benzene rings is 1. The SMILES string of the molecule is O=C1C[C@@H](c2c[nH]c3cc(Br)c(F)cc23)C(=O)N1. The van der Waals surface area contributed by atoms with Gasteiger partial charge >= 0.3 is 0 Å². The first kappa shape index (κ1) is 11.4. The third kappa shape index (κ3) is 1.64. The van der Waals surface area contributed by atoms with Crippen molar-refractivity contribution in [2.75, 3.05) is 0 Å². The zero-order valence-corrected chi connectivity index (χ0v) is 10.7. The van der Waals surface area contributed by atoms with Gasteiger partial charge in [0.05, 0.1) is 10.4 Å². The van der Waals surface area contributed by atoms with E-state index in [-0.39, 0.29) is 18.2 Å². The van der Waals surface area contributed by atoms with Gasteiger partial charge in [-0.1, -0.05) is 0 Å². The third-order valence-electron chi connectivity index (χ3n) is 3.10. The quantitative estimate of drug-likeness (QED) is 0.793. The second-order valence-electron chi connectivity index (χ2n) is 4.23. The lowest BCUT2D eigenvalue weighted by molar-refractivity contribution is -0.125. The van der Waals surface area contributed by atoms with Gasteiger partial charge < -0.3 is 4.98 Å². The summed E-state index contributed by atoms with van der Waals surface area (Å²) in [6.07, 6.45) is 1.77. The summed E-state index contributed by atoms with van der Waals surface area (Å²) in [6, 6.07) is 2.98. The summed E-state index contributed by atoms with van der Waals surface area (Å²) in [5, 5.41) is 2.88. The zero-order chi connectivity index (χ0) is 12.9. The highest BCUT2D eigenvalue weighted by Gasteiger charge is 2.33. The number of amides is 2. The van der Waals surface area contributed by atoms with Crippen LogP contribution in [0.15, 0.2) is 22.8 Å².